The maximum atomic E-state index is 12.3. The normalized spacial score (nSPS) is 29.1. The zero-order valence-corrected chi connectivity index (χ0v) is 12.6. The topological polar surface area (TPSA) is 83.6 Å². The van der Waals surface area contributed by atoms with E-state index in [0.717, 1.165) is 12.8 Å². The highest BCUT2D eigenvalue weighted by atomic mass is 32.2. The van der Waals surface area contributed by atoms with Crippen LogP contribution in [0.25, 0.3) is 0 Å². The van der Waals surface area contributed by atoms with Crippen molar-refractivity contribution < 1.29 is 18.0 Å². The van der Waals surface area contributed by atoms with Crippen LogP contribution in [0.4, 0.5) is 0 Å². The fraction of sp³-hybridized carbons (Fsp3) is 0.846. The van der Waals surface area contributed by atoms with Gasteiger partial charge in [-0.15, -0.1) is 0 Å². The molecular weight excluding hydrogens is 280 g/mol. The number of likely N-dealkylation sites (tertiary alicyclic amines) is 1. The predicted molar refractivity (Wildman–Crippen MR) is 74.7 cm³/mol. The van der Waals surface area contributed by atoms with Gasteiger partial charge in [0, 0.05) is 19.6 Å². The summed E-state index contributed by atoms with van der Waals surface area (Å²) in [6, 6.07) is 0. The van der Waals surface area contributed by atoms with Gasteiger partial charge in [0.1, 0.15) is 0 Å². The molecule has 0 spiro atoms. The van der Waals surface area contributed by atoms with Gasteiger partial charge in [-0.2, -0.15) is 0 Å². The van der Waals surface area contributed by atoms with Crippen molar-refractivity contribution in [2.75, 3.05) is 31.1 Å². The van der Waals surface area contributed by atoms with E-state index in [4.69, 9.17) is 0 Å². The quantitative estimate of drug-likeness (QED) is 0.782. The zero-order chi connectivity index (χ0) is 14.8. The lowest BCUT2D eigenvalue weighted by atomic mass is 9.95. The Morgan fingerprint density at radius 1 is 1.25 bits per heavy atom. The lowest BCUT2D eigenvalue weighted by Crippen LogP contribution is -2.47. The second-order valence-corrected chi connectivity index (χ2v) is 7.85. The van der Waals surface area contributed by atoms with Crippen LogP contribution < -0.4 is 5.32 Å². The Labute approximate surface area is 119 Å². The standard InChI is InChI=1S/C13H22N2O4S/c1-2-14-12(16)10-4-3-6-15(8-10)13(17)11-5-7-20(18,19)9-11/h10-11H,2-9H2,1H3,(H,14,16)/t10-,11+/m0/s1. The van der Waals surface area contributed by atoms with E-state index in [1.54, 1.807) is 4.90 Å². The fourth-order valence-corrected chi connectivity index (χ4v) is 4.69. The average Bonchev–Trinajstić information content (AvgIpc) is 2.79. The number of hydrogen-bond acceptors (Lipinski definition) is 4. The van der Waals surface area contributed by atoms with E-state index in [9.17, 15) is 18.0 Å². The highest BCUT2D eigenvalue weighted by Crippen LogP contribution is 2.24. The van der Waals surface area contributed by atoms with Crippen LogP contribution in [0.2, 0.25) is 0 Å². The Morgan fingerprint density at radius 3 is 2.60 bits per heavy atom. The monoisotopic (exact) mass is 302 g/mol. The first-order valence-corrected chi connectivity index (χ1v) is 9.02. The third kappa shape index (κ3) is 3.50. The molecule has 6 nitrogen and oxygen atoms in total. The summed E-state index contributed by atoms with van der Waals surface area (Å²) >= 11 is 0. The van der Waals surface area contributed by atoms with E-state index >= 15 is 0 Å². The number of sulfone groups is 1. The number of carbonyl (C=O) groups excluding carboxylic acids is 2. The molecule has 0 aromatic carbocycles. The minimum absolute atomic E-state index is 0.0101. The molecule has 1 N–H and O–H groups in total. The number of amides is 2. The maximum Gasteiger partial charge on any atom is 0.226 e. The summed E-state index contributed by atoms with van der Waals surface area (Å²) in [6.45, 7) is 3.50. The first-order valence-electron chi connectivity index (χ1n) is 7.20. The number of hydrogen-bond donors (Lipinski definition) is 1. The van der Waals surface area contributed by atoms with Gasteiger partial charge in [0.15, 0.2) is 9.84 Å². The Hall–Kier alpha value is -1.11. The van der Waals surface area contributed by atoms with Crippen LogP contribution in [0.3, 0.4) is 0 Å². The molecule has 0 aliphatic carbocycles. The van der Waals surface area contributed by atoms with Crippen LogP contribution in [-0.2, 0) is 19.4 Å². The molecule has 0 aromatic heterocycles. The van der Waals surface area contributed by atoms with Crippen molar-refractivity contribution in [3.63, 3.8) is 0 Å². The number of nitrogens with one attached hydrogen (secondary N) is 1. The zero-order valence-electron chi connectivity index (χ0n) is 11.8. The number of rotatable bonds is 3. The summed E-state index contributed by atoms with van der Waals surface area (Å²) < 4.78 is 22.9. The van der Waals surface area contributed by atoms with Crippen molar-refractivity contribution in [1.82, 2.24) is 10.2 Å². The van der Waals surface area contributed by atoms with Gasteiger partial charge in [0.25, 0.3) is 0 Å². The Morgan fingerprint density at radius 2 is 2.00 bits per heavy atom. The minimum atomic E-state index is -3.04. The van der Waals surface area contributed by atoms with E-state index in [1.165, 1.54) is 0 Å². The van der Waals surface area contributed by atoms with Gasteiger partial charge in [-0.3, -0.25) is 9.59 Å². The molecule has 2 heterocycles. The Bertz CT molecular complexity index is 489. The molecule has 2 saturated heterocycles. The van der Waals surface area contributed by atoms with Gasteiger partial charge < -0.3 is 10.2 Å². The smallest absolute Gasteiger partial charge is 0.226 e. The molecule has 20 heavy (non-hydrogen) atoms. The second-order valence-electron chi connectivity index (χ2n) is 5.62. The average molecular weight is 302 g/mol. The molecule has 114 valence electrons. The summed E-state index contributed by atoms with van der Waals surface area (Å²) in [6.07, 6.45) is 2.01. The molecular formula is C13H22N2O4S. The molecule has 0 saturated carbocycles. The van der Waals surface area contributed by atoms with Crippen molar-refractivity contribution >= 4 is 21.7 Å². The van der Waals surface area contributed by atoms with E-state index in [1.807, 2.05) is 6.92 Å². The predicted octanol–water partition coefficient (Wildman–Crippen LogP) is -0.204. The van der Waals surface area contributed by atoms with E-state index < -0.39 is 15.8 Å². The second kappa shape index (κ2) is 6.11. The molecule has 0 aromatic rings. The van der Waals surface area contributed by atoms with Gasteiger partial charge in [0.2, 0.25) is 11.8 Å². The fourth-order valence-electron chi connectivity index (χ4n) is 2.96. The van der Waals surface area contributed by atoms with Crippen molar-refractivity contribution in [3.8, 4) is 0 Å². The summed E-state index contributed by atoms with van der Waals surface area (Å²) in [5.74, 6) is -0.603. The third-order valence-electron chi connectivity index (χ3n) is 4.04. The van der Waals surface area contributed by atoms with Crippen molar-refractivity contribution in [2.45, 2.75) is 26.2 Å². The molecule has 7 heteroatoms. The molecule has 0 radical (unpaired) electrons. The van der Waals surface area contributed by atoms with Gasteiger partial charge in [-0.05, 0) is 26.2 Å². The van der Waals surface area contributed by atoms with Crippen LogP contribution >= 0.6 is 0 Å². The molecule has 2 fully saturated rings. The third-order valence-corrected chi connectivity index (χ3v) is 5.80. The SMILES string of the molecule is CCNC(=O)[C@H]1CCCN(C(=O)[C@@H]2CCS(=O)(=O)C2)C1. The Balaban J connectivity index is 1.95. The van der Waals surface area contributed by atoms with Gasteiger partial charge in [-0.1, -0.05) is 0 Å². The largest absolute Gasteiger partial charge is 0.356 e. The molecule has 0 bridgehead atoms. The summed E-state index contributed by atoms with van der Waals surface area (Å²) in [4.78, 5) is 25.9. The van der Waals surface area contributed by atoms with Gasteiger partial charge >= 0.3 is 0 Å². The maximum absolute atomic E-state index is 12.3. The highest BCUT2D eigenvalue weighted by molar-refractivity contribution is 7.91. The van der Waals surface area contributed by atoms with Gasteiger partial charge in [-0.25, -0.2) is 8.42 Å². The first kappa shape index (κ1) is 15.3. The summed E-state index contributed by atoms with van der Waals surface area (Å²) in [5.41, 5.74) is 0. The molecule has 2 amide bonds. The molecule has 2 rings (SSSR count). The van der Waals surface area contributed by atoms with Gasteiger partial charge in [0.05, 0.1) is 23.3 Å². The lowest BCUT2D eigenvalue weighted by Gasteiger charge is -2.33. The molecule has 2 aliphatic heterocycles. The van der Waals surface area contributed by atoms with Crippen LogP contribution in [0.5, 0.6) is 0 Å². The first-order chi connectivity index (χ1) is 9.43. The lowest BCUT2D eigenvalue weighted by molar-refractivity contribution is -0.138. The van der Waals surface area contributed by atoms with Crippen LogP contribution in [0.1, 0.15) is 26.2 Å². The summed E-state index contributed by atoms with van der Waals surface area (Å²) in [5, 5.41) is 2.78. The molecule has 2 atom stereocenters. The number of nitrogens with zero attached hydrogens (tertiary/aromatic N) is 1. The van der Waals surface area contributed by atoms with E-state index in [0.29, 0.717) is 26.1 Å². The van der Waals surface area contributed by atoms with Crippen molar-refractivity contribution in [1.29, 1.82) is 0 Å². The minimum Gasteiger partial charge on any atom is -0.356 e. The molecule has 2 aliphatic rings. The van der Waals surface area contributed by atoms with E-state index in [2.05, 4.69) is 5.32 Å². The van der Waals surface area contributed by atoms with Crippen LogP contribution in [0.15, 0.2) is 0 Å². The van der Waals surface area contributed by atoms with Crippen molar-refractivity contribution in [2.24, 2.45) is 11.8 Å². The highest BCUT2D eigenvalue weighted by Gasteiger charge is 2.37. The van der Waals surface area contributed by atoms with Crippen molar-refractivity contribution in [3.05, 3.63) is 0 Å². The van der Waals surface area contributed by atoms with Crippen LogP contribution in [0, 0.1) is 11.8 Å². The summed E-state index contributed by atoms with van der Waals surface area (Å²) in [7, 11) is -3.04. The van der Waals surface area contributed by atoms with E-state index in [-0.39, 0.29) is 29.2 Å². The Kier molecular flexibility index (Phi) is 4.67. The van der Waals surface area contributed by atoms with Crippen LogP contribution in [-0.4, -0.2) is 56.3 Å². The number of carbonyl (C=O) groups is 2. The molecule has 0 unspecified atom stereocenters. The number of piperidine rings is 1.